The molecule has 0 saturated carbocycles. The fourth-order valence-electron chi connectivity index (χ4n) is 1.55. The van der Waals surface area contributed by atoms with E-state index in [2.05, 4.69) is 17.2 Å². The van der Waals surface area contributed by atoms with Crippen LogP contribution in [0, 0.1) is 6.92 Å². The highest BCUT2D eigenvalue weighted by atomic mass is 32.2. The van der Waals surface area contributed by atoms with Gasteiger partial charge in [-0.15, -0.1) is 11.3 Å². The lowest BCUT2D eigenvalue weighted by molar-refractivity contribution is 0.0982. The quantitative estimate of drug-likeness (QED) is 0.881. The third kappa shape index (κ3) is 2.47. The molecule has 1 amide bonds. The molecule has 0 fully saturated rings. The Morgan fingerprint density at radius 1 is 1.62 bits per heavy atom. The summed E-state index contributed by atoms with van der Waals surface area (Å²) in [7, 11) is 0. The van der Waals surface area contributed by atoms with Crippen LogP contribution in [0.3, 0.4) is 0 Å². The van der Waals surface area contributed by atoms with Gasteiger partial charge in [-0.1, -0.05) is 18.7 Å². The molecular weight excluding hydrogens is 240 g/mol. The molecule has 16 heavy (non-hydrogen) atoms. The van der Waals surface area contributed by atoms with Crippen molar-refractivity contribution in [1.82, 2.24) is 5.32 Å². The zero-order valence-corrected chi connectivity index (χ0v) is 11.0. The summed E-state index contributed by atoms with van der Waals surface area (Å²) in [5.41, 5.74) is 1.21. The molecule has 1 aliphatic rings. The summed E-state index contributed by atoms with van der Waals surface area (Å²) in [5, 5.41) is 3.60. The van der Waals surface area contributed by atoms with Crippen LogP contribution in [0.4, 0.5) is 0 Å². The van der Waals surface area contributed by atoms with Gasteiger partial charge >= 0.3 is 0 Å². The van der Waals surface area contributed by atoms with Crippen LogP contribution in [0.2, 0.25) is 0 Å². The number of nitrogens with one attached hydrogen (secondary N) is 1. The topological polar surface area (TPSA) is 41.5 Å². The van der Waals surface area contributed by atoms with E-state index in [1.54, 1.807) is 23.1 Å². The third-order valence-electron chi connectivity index (χ3n) is 2.37. The maximum absolute atomic E-state index is 11.9. The predicted octanol–water partition coefficient (Wildman–Crippen LogP) is 2.45. The van der Waals surface area contributed by atoms with Crippen LogP contribution < -0.4 is 5.32 Å². The maximum Gasteiger partial charge on any atom is 0.267 e. The molecule has 0 aromatic carbocycles. The average Bonchev–Trinajstić information content (AvgIpc) is 2.87. The standard InChI is InChI=1S/C11H14N2OS2/c1-3-8-7(2)6-9(16-8)10(14)13-11-12-4-5-15-11/h6H,3-5H2,1-2H3,(H,12,13,14). The Bertz CT molecular complexity index is 437. The largest absolute Gasteiger partial charge is 0.301 e. The summed E-state index contributed by atoms with van der Waals surface area (Å²) in [5.74, 6) is 0.945. The molecule has 0 aliphatic carbocycles. The SMILES string of the molecule is CCc1sc(C(=O)NC2=NCCS2)cc1C. The number of carbonyl (C=O) groups is 1. The molecule has 0 radical (unpaired) electrons. The summed E-state index contributed by atoms with van der Waals surface area (Å²) < 4.78 is 0. The number of aliphatic imine (C=N–C) groups is 1. The molecule has 0 atom stereocenters. The number of carbonyl (C=O) groups excluding carboxylic acids is 1. The minimum absolute atomic E-state index is 0.0269. The molecule has 1 aliphatic heterocycles. The van der Waals surface area contributed by atoms with Gasteiger partial charge in [0.05, 0.1) is 11.4 Å². The van der Waals surface area contributed by atoms with Crippen molar-refractivity contribution in [2.45, 2.75) is 20.3 Å². The molecule has 3 nitrogen and oxygen atoms in total. The zero-order valence-electron chi connectivity index (χ0n) is 9.37. The van der Waals surface area contributed by atoms with E-state index in [9.17, 15) is 4.79 Å². The first kappa shape index (κ1) is 11.7. The highest BCUT2D eigenvalue weighted by Gasteiger charge is 2.15. The fraction of sp³-hybridized carbons (Fsp3) is 0.455. The Kier molecular flexibility index (Phi) is 3.66. The smallest absolute Gasteiger partial charge is 0.267 e. The lowest BCUT2D eigenvalue weighted by Crippen LogP contribution is -2.26. The van der Waals surface area contributed by atoms with Crippen molar-refractivity contribution in [1.29, 1.82) is 0 Å². The number of aryl methyl sites for hydroxylation is 2. The van der Waals surface area contributed by atoms with Crippen LogP contribution >= 0.6 is 23.1 Å². The Hall–Kier alpha value is -0.810. The summed E-state index contributed by atoms with van der Waals surface area (Å²) in [6.45, 7) is 4.97. The minimum Gasteiger partial charge on any atom is -0.301 e. The van der Waals surface area contributed by atoms with Gasteiger partial charge in [-0.25, -0.2) is 0 Å². The van der Waals surface area contributed by atoms with E-state index in [0.29, 0.717) is 0 Å². The van der Waals surface area contributed by atoms with Crippen LogP contribution in [0.15, 0.2) is 11.1 Å². The van der Waals surface area contributed by atoms with Gasteiger partial charge in [-0.2, -0.15) is 0 Å². The number of amides is 1. The van der Waals surface area contributed by atoms with Gasteiger partial charge < -0.3 is 5.32 Å². The lowest BCUT2D eigenvalue weighted by atomic mass is 10.2. The molecule has 1 N–H and O–H groups in total. The highest BCUT2D eigenvalue weighted by Crippen LogP contribution is 2.22. The van der Waals surface area contributed by atoms with E-state index in [1.807, 2.05) is 13.0 Å². The summed E-state index contributed by atoms with van der Waals surface area (Å²) >= 11 is 3.18. The molecule has 1 aromatic heterocycles. The van der Waals surface area contributed by atoms with Crippen molar-refractivity contribution in [2.24, 2.45) is 4.99 Å². The Balaban J connectivity index is 2.08. The van der Waals surface area contributed by atoms with Crippen molar-refractivity contribution in [3.8, 4) is 0 Å². The molecule has 86 valence electrons. The number of amidine groups is 1. The molecule has 0 saturated heterocycles. The van der Waals surface area contributed by atoms with E-state index in [0.717, 1.165) is 28.8 Å². The Morgan fingerprint density at radius 3 is 3.00 bits per heavy atom. The van der Waals surface area contributed by atoms with Gasteiger partial charge in [-0.3, -0.25) is 9.79 Å². The molecule has 0 bridgehead atoms. The number of rotatable bonds is 2. The van der Waals surface area contributed by atoms with Crippen LogP contribution in [0.1, 0.15) is 27.0 Å². The number of hydrogen-bond acceptors (Lipinski definition) is 4. The molecule has 0 unspecified atom stereocenters. The third-order valence-corrected chi connectivity index (χ3v) is 4.64. The first-order valence-electron chi connectivity index (χ1n) is 5.28. The van der Waals surface area contributed by atoms with Crippen LogP contribution in [-0.4, -0.2) is 23.4 Å². The summed E-state index contributed by atoms with van der Waals surface area (Å²) in [4.78, 5) is 18.2. The van der Waals surface area contributed by atoms with Gasteiger partial charge in [0.25, 0.3) is 5.91 Å². The van der Waals surface area contributed by atoms with E-state index in [1.165, 1.54) is 10.4 Å². The van der Waals surface area contributed by atoms with E-state index in [-0.39, 0.29) is 5.91 Å². The zero-order chi connectivity index (χ0) is 11.5. The van der Waals surface area contributed by atoms with Crippen molar-refractivity contribution in [3.05, 3.63) is 21.4 Å². The van der Waals surface area contributed by atoms with Gasteiger partial charge in [0.15, 0.2) is 5.17 Å². The summed E-state index contributed by atoms with van der Waals surface area (Å²) in [6.07, 6.45) is 0.986. The number of hydrogen-bond donors (Lipinski definition) is 1. The lowest BCUT2D eigenvalue weighted by Gasteiger charge is -2.00. The monoisotopic (exact) mass is 254 g/mol. The van der Waals surface area contributed by atoms with Crippen molar-refractivity contribution in [3.63, 3.8) is 0 Å². The average molecular weight is 254 g/mol. The first-order valence-corrected chi connectivity index (χ1v) is 7.09. The Morgan fingerprint density at radius 2 is 2.44 bits per heavy atom. The van der Waals surface area contributed by atoms with Crippen LogP contribution in [0.5, 0.6) is 0 Å². The van der Waals surface area contributed by atoms with Crippen molar-refractivity contribution in [2.75, 3.05) is 12.3 Å². The molecule has 2 heterocycles. The fourth-order valence-corrected chi connectivity index (χ4v) is 3.28. The molecule has 2 rings (SSSR count). The van der Waals surface area contributed by atoms with Crippen LogP contribution in [0.25, 0.3) is 0 Å². The van der Waals surface area contributed by atoms with E-state index in [4.69, 9.17) is 0 Å². The predicted molar refractivity (Wildman–Crippen MR) is 70.7 cm³/mol. The van der Waals surface area contributed by atoms with Gasteiger partial charge in [-0.05, 0) is 25.0 Å². The molecule has 5 heteroatoms. The second-order valence-electron chi connectivity index (χ2n) is 3.56. The number of thioether (sulfide) groups is 1. The van der Waals surface area contributed by atoms with Gasteiger partial charge in [0.2, 0.25) is 0 Å². The van der Waals surface area contributed by atoms with E-state index >= 15 is 0 Å². The van der Waals surface area contributed by atoms with Gasteiger partial charge in [0, 0.05) is 10.6 Å². The summed E-state index contributed by atoms with van der Waals surface area (Å²) in [6, 6.07) is 1.96. The maximum atomic E-state index is 11.9. The number of nitrogens with zero attached hydrogens (tertiary/aromatic N) is 1. The highest BCUT2D eigenvalue weighted by molar-refractivity contribution is 8.14. The van der Waals surface area contributed by atoms with E-state index < -0.39 is 0 Å². The first-order chi connectivity index (χ1) is 7.70. The molecular formula is C11H14N2OS2. The number of thiophene rings is 1. The second-order valence-corrected chi connectivity index (χ2v) is 5.78. The van der Waals surface area contributed by atoms with Gasteiger partial charge in [0.1, 0.15) is 0 Å². The molecule has 0 spiro atoms. The molecule has 1 aromatic rings. The Labute approximate surface area is 103 Å². The normalized spacial score (nSPS) is 15.0. The minimum atomic E-state index is -0.0269. The van der Waals surface area contributed by atoms with Crippen LogP contribution in [-0.2, 0) is 6.42 Å². The second kappa shape index (κ2) is 5.01. The van der Waals surface area contributed by atoms with Crippen molar-refractivity contribution < 1.29 is 4.79 Å². The van der Waals surface area contributed by atoms with Crippen molar-refractivity contribution >= 4 is 34.2 Å².